The molecular formula is C8H17S. The fourth-order valence-electron chi connectivity index (χ4n) is 0.681. The van der Waals surface area contributed by atoms with E-state index in [-0.39, 0.29) is 0 Å². The molecule has 0 saturated heterocycles. The summed E-state index contributed by atoms with van der Waals surface area (Å²) in [5.41, 5.74) is 0. The van der Waals surface area contributed by atoms with Gasteiger partial charge in [-0.15, -0.1) is 0 Å². The van der Waals surface area contributed by atoms with Crippen molar-refractivity contribution in [1.29, 1.82) is 0 Å². The molecule has 0 saturated carbocycles. The Balaban J connectivity index is 3.32. The average molecular weight is 145 g/mol. The van der Waals surface area contributed by atoms with Crippen molar-refractivity contribution >= 4 is 11.8 Å². The zero-order chi connectivity index (χ0) is 7.28. The van der Waals surface area contributed by atoms with Crippen LogP contribution >= 0.6 is 11.8 Å². The van der Waals surface area contributed by atoms with Gasteiger partial charge in [-0.3, -0.25) is 0 Å². The van der Waals surface area contributed by atoms with E-state index >= 15 is 0 Å². The molecule has 0 aliphatic carbocycles. The van der Waals surface area contributed by atoms with E-state index in [9.17, 15) is 0 Å². The molecule has 0 aliphatic rings. The summed E-state index contributed by atoms with van der Waals surface area (Å²) in [5.74, 6) is 3.03. The molecule has 0 bridgehead atoms. The molecule has 0 aliphatic heterocycles. The van der Waals surface area contributed by atoms with Crippen molar-refractivity contribution in [1.82, 2.24) is 0 Å². The molecule has 0 N–H and O–H groups in total. The molecule has 0 spiro atoms. The zero-order valence-electron chi connectivity index (χ0n) is 6.85. The van der Waals surface area contributed by atoms with Gasteiger partial charge in [0.1, 0.15) is 0 Å². The van der Waals surface area contributed by atoms with Crippen LogP contribution in [0.2, 0.25) is 0 Å². The van der Waals surface area contributed by atoms with Crippen molar-refractivity contribution < 1.29 is 0 Å². The van der Waals surface area contributed by atoms with Gasteiger partial charge in [0, 0.05) is 11.0 Å². The molecular weight excluding hydrogens is 128 g/mol. The Labute approximate surface area is 63.4 Å². The molecule has 0 fully saturated rings. The molecule has 0 rings (SSSR count). The Morgan fingerprint density at radius 3 is 2.33 bits per heavy atom. The summed E-state index contributed by atoms with van der Waals surface area (Å²) < 4.78 is 0. The van der Waals surface area contributed by atoms with Crippen molar-refractivity contribution in [3.63, 3.8) is 0 Å². The van der Waals surface area contributed by atoms with E-state index in [1.807, 2.05) is 11.8 Å². The molecule has 55 valence electrons. The summed E-state index contributed by atoms with van der Waals surface area (Å²) in [4.78, 5) is 0. The topological polar surface area (TPSA) is 0 Å². The predicted molar refractivity (Wildman–Crippen MR) is 46.5 cm³/mol. The minimum absolute atomic E-state index is 0.792. The van der Waals surface area contributed by atoms with Crippen molar-refractivity contribution in [3.05, 3.63) is 5.75 Å². The maximum atomic E-state index is 2.31. The third kappa shape index (κ3) is 3.85. The van der Waals surface area contributed by atoms with Crippen LogP contribution in [0.15, 0.2) is 0 Å². The van der Waals surface area contributed by atoms with Gasteiger partial charge in [-0.25, -0.2) is 0 Å². The zero-order valence-corrected chi connectivity index (χ0v) is 7.66. The molecule has 0 aromatic rings. The van der Waals surface area contributed by atoms with Crippen LogP contribution in [0.4, 0.5) is 0 Å². The second kappa shape index (κ2) is 5.16. The third-order valence-electron chi connectivity index (χ3n) is 1.80. The Morgan fingerprint density at radius 2 is 2.00 bits per heavy atom. The molecule has 0 heterocycles. The molecule has 1 heteroatoms. The smallest absolute Gasteiger partial charge is 0.0138 e. The van der Waals surface area contributed by atoms with Crippen molar-refractivity contribution in [2.45, 2.75) is 39.4 Å². The first-order valence-electron chi connectivity index (χ1n) is 3.65. The van der Waals surface area contributed by atoms with Gasteiger partial charge >= 0.3 is 0 Å². The fraction of sp³-hybridized carbons (Fsp3) is 0.875. The third-order valence-corrected chi connectivity index (χ3v) is 2.96. The SMILES string of the molecule is C[CH]SC(C)C(C)CC. The minimum atomic E-state index is 0.792. The number of hydrogen-bond donors (Lipinski definition) is 0. The van der Waals surface area contributed by atoms with Gasteiger partial charge in [0.15, 0.2) is 0 Å². The largest absolute Gasteiger partial charge is 0.154 e. The Kier molecular flexibility index (Phi) is 5.36. The quantitative estimate of drug-likeness (QED) is 0.584. The van der Waals surface area contributed by atoms with E-state index in [0.717, 1.165) is 11.2 Å². The monoisotopic (exact) mass is 145 g/mol. The number of thioether (sulfide) groups is 1. The number of hydrogen-bond acceptors (Lipinski definition) is 1. The summed E-state index contributed by atoms with van der Waals surface area (Å²) >= 11 is 1.94. The first-order chi connectivity index (χ1) is 4.22. The van der Waals surface area contributed by atoms with E-state index < -0.39 is 0 Å². The lowest BCUT2D eigenvalue weighted by molar-refractivity contribution is 0.558. The highest BCUT2D eigenvalue weighted by Gasteiger charge is 2.08. The van der Waals surface area contributed by atoms with Crippen LogP contribution in [0.25, 0.3) is 0 Å². The van der Waals surface area contributed by atoms with Crippen LogP contribution in [0.5, 0.6) is 0 Å². The molecule has 0 aromatic heterocycles. The van der Waals surface area contributed by atoms with Crippen molar-refractivity contribution in [3.8, 4) is 0 Å². The van der Waals surface area contributed by atoms with Gasteiger partial charge in [0.25, 0.3) is 0 Å². The van der Waals surface area contributed by atoms with Crippen molar-refractivity contribution in [2.24, 2.45) is 5.92 Å². The summed E-state index contributed by atoms with van der Waals surface area (Å²) in [5, 5.41) is 0.792. The molecule has 9 heavy (non-hydrogen) atoms. The first kappa shape index (κ1) is 9.35. The van der Waals surface area contributed by atoms with Crippen molar-refractivity contribution in [2.75, 3.05) is 0 Å². The molecule has 2 atom stereocenters. The Morgan fingerprint density at radius 1 is 1.44 bits per heavy atom. The standard InChI is InChI=1S/C8H17S/c1-5-7(3)8(4)9-6-2/h6-8H,5H2,1-4H3. The van der Waals surface area contributed by atoms with Gasteiger partial charge < -0.3 is 0 Å². The lowest BCUT2D eigenvalue weighted by Gasteiger charge is -2.15. The van der Waals surface area contributed by atoms with E-state index in [4.69, 9.17) is 0 Å². The van der Waals surface area contributed by atoms with E-state index in [1.54, 1.807) is 0 Å². The molecule has 0 amide bonds. The maximum Gasteiger partial charge on any atom is 0.0138 e. The Bertz CT molecular complexity index is 61.6. The summed E-state index contributed by atoms with van der Waals surface area (Å²) in [6.07, 6.45) is 1.29. The van der Waals surface area contributed by atoms with Crippen LogP contribution in [0.3, 0.4) is 0 Å². The average Bonchev–Trinajstić information content (AvgIpc) is 1.87. The lowest BCUT2D eigenvalue weighted by atomic mass is 10.1. The van der Waals surface area contributed by atoms with Crippen LogP contribution < -0.4 is 0 Å². The van der Waals surface area contributed by atoms with Gasteiger partial charge in [-0.05, 0) is 5.92 Å². The van der Waals surface area contributed by atoms with Crippen LogP contribution in [0.1, 0.15) is 34.1 Å². The van der Waals surface area contributed by atoms with Crippen LogP contribution in [-0.4, -0.2) is 5.25 Å². The van der Waals surface area contributed by atoms with Crippen LogP contribution in [-0.2, 0) is 0 Å². The molecule has 1 radical (unpaired) electrons. The van der Waals surface area contributed by atoms with Crippen LogP contribution in [0, 0.1) is 11.7 Å². The van der Waals surface area contributed by atoms with E-state index in [1.165, 1.54) is 6.42 Å². The first-order valence-corrected chi connectivity index (χ1v) is 4.59. The van der Waals surface area contributed by atoms with E-state index in [2.05, 4.69) is 33.4 Å². The van der Waals surface area contributed by atoms with Gasteiger partial charge in [-0.1, -0.05) is 34.1 Å². The number of rotatable bonds is 4. The highest BCUT2D eigenvalue weighted by Crippen LogP contribution is 2.22. The summed E-state index contributed by atoms with van der Waals surface area (Å²) in [6.45, 7) is 8.95. The van der Waals surface area contributed by atoms with Gasteiger partial charge in [0.2, 0.25) is 0 Å². The highest BCUT2D eigenvalue weighted by atomic mass is 32.2. The lowest BCUT2D eigenvalue weighted by Crippen LogP contribution is -2.07. The predicted octanol–water partition coefficient (Wildman–Crippen LogP) is 3.34. The van der Waals surface area contributed by atoms with Gasteiger partial charge in [-0.2, -0.15) is 11.8 Å². The summed E-state index contributed by atoms with van der Waals surface area (Å²) in [6, 6.07) is 0. The Hall–Kier alpha value is 0.350. The normalized spacial score (nSPS) is 17.3. The minimum Gasteiger partial charge on any atom is -0.154 e. The second-order valence-corrected chi connectivity index (χ2v) is 3.95. The summed E-state index contributed by atoms with van der Waals surface area (Å²) in [7, 11) is 0. The molecule has 0 aromatic carbocycles. The highest BCUT2D eigenvalue weighted by molar-refractivity contribution is 8.01. The fourth-order valence-corrected chi connectivity index (χ4v) is 1.57. The van der Waals surface area contributed by atoms with E-state index in [0.29, 0.717) is 0 Å². The second-order valence-electron chi connectivity index (χ2n) is 2.46. The maximum absolute atomic E-state index is 2.31. The van der Waals surface area contributed by atoms with Gasteiger partial charge in [0.05, 0.1) is 0 Å². The molecule has 2 unspecified atom stereocenters. The molecule has 0 nitrogen and oxygen atoms in total.